The summed E-state index contributed by atoms with van der Waals surface area (Å²) in [7, 11) is 1.69. The highest BCUT2D eigenvalue weighted by Crippen LogP contribution is 2.47. The summed E-state index contributed by atoms with van der Waals surface area (Å²) in [6.45, 7) is 5.54. The Morgan fingerprint density at radius 3 is 2.72 bits per heavy atom. The molecule has 1 unspecified atom stereocenters. The van der Waals surface area contributed by atoms with E-state index in [1.165, 1.54) is 31.2 Å². The van der Waals surface area contributed by atoms with Gasteiger partial charge in [0.25, 0.3) is 0 Å². The first kappa shape index (κ1) is 13.3. The van der Waals surface area contributed by atoms with Gasteiger partial charge in [0.05, 0.1) is 13.3 Å². The normalized spacial score (nSPS) is 19.7. The van der Waals surface area contributed by atoms with Gasteiger partial charge in [-0.1, -0.05) is 26.7 Å². The number of hydrogen-bond acceptors (Lipinski definition) is 3. The van der Waals surface area contributed by atoms with Gasteiger partial charge in [0.15, 0.2) is 0 Å². The summed E-state index contributed by atoms with van der Waals surface area (Å²) in [5, 5.41) is 3.64. The van der Waals surface area contributed by atoms with Crippen molar-refractivity contribution in [2.45, 2.75) is 45.6 Å². The summed E-state index contributed by atoms with van der Waals surface area (Å²) in [4.78, 5) is 4.30. The van der Waals surface area contributed by atoms with Gasteiger partial charge >= 0.3 is 0 Å². The predicted octanol–water partition coefficient (Wildman–Crippen LogP) is 3.32. The Hall–Kier alpha value is -1.09. The zero-order valence-corrected chi connectivity index (χ0v) is 11.7. The third-order valence-corrected chi connectivity index (χ3v) is 4.15. The highest BCUT2D eigenvalue weighted by atomic mass is 16.5. The van der Waals surface area contributed by atoms with E-state index in [1.807, 2.05) is 6.20 Å². The molecule has 1 N–H and O–H groups in total. The largest absolute Gasteiger partial charge is 0.495 e. The number of nitrogens with one attached hydrogen (secondary N) is 1. The number of rotatable bonds is 5. The molecule has 3 heteroatoms. The van der Waals surface area contributed by atoms with Crippen LogP contribution in [0.5, 0.6) is 5.75 Å². The lowest BCUT2D eigenvalue weighted by Crippen LogP contribution is -2.34. The predicted molar refractivity (Wildman–Crippen MR) is 73.8 cm³/mol. The van der Waals surface area contributed by atoms with Crippen LogP contribution in [-0.2, 0) is 0 Å². The van der Waals surface area contributed by atoms with Gasteiger partial charge < -0.3 is 10.1 Å². The maximum absolute atomic E-state index is 5.29. The highest BCUT2D eigenvalue weighted by molar-refractivity contribution is 5.27. The van der Waals surface area contributed by atoms with E-state index in [2.05, 4.69) is 30.2 Å². The van der Waals surface area contributed by atoms with E-state index in [4.69, 9.17) is 4.74 Å². The van der Waals surface area contributed by atoms with Crippen molar-refractivity contribution < 1.29 is 4.74 Å². The molecule has 3 nitrogen and oxygen atoms in total. The first-order chi connectivity index (χ1) is 8.69. The monoisotopic (exact) mass is 248 g/mol. The van der Waals surface area contributed by atoms with Crippen molar-refractivity contribution in [3.63, 3.8) is 0 Å². The van der Waals surface area contributed by atoms with Gasteiger partial charge in [0, 0.05) is 12.2 Å². The summed E-state index contributed by atoms with van der Waals surface area (Å²) in [5.74, 6) is 0.844. The molecule has 0 radical (unpaired) electrons. The minimum absolute atomic E-state index is 0.351. The van der Waals surface area contributed by atoms with Crippen molar-refractivity contribution in [2.75, 3.05) is 13.7 Å². The smallest absolute Gasteiger partial charge is 0.137 e. The van der Waals surface area contributed by atoms with Gasteiger partial charge in [-0.3, -0.25) is 4.98 Å². The van der Waals surface area contributed by atoms with Crippen LogP contribution in [0.4, 0.5) is 0 Å². The van der Waals surface area contributed by atoms with Crippen LogP contribution in [0.15, 0.2) is 18.5 Å². The first-order valence-corrected chi connectivity index (χ1v) is 6.92. The fraction of sp³-hybridized carbons (Fsp3) is 0.667. The van der Waals surface area contributed by atoms with Gasteiger partial charge in [-0.05, 0) is 36.4 Å². The Bertz CT molecular complexity index is 386. The number of aromatic nitrogens is 1. The second-order valence-electron chi connectivity index (χ2n) is 5.51. The molecule has 1 aromatic rings. The van der Waals surface area contributed by atoms with Crippen molar-refractivity contribution in [1.29, 1.82) is 0 Å². The van der Waals surface area contributed by atoms with Gasteiger partial charge in [-0.25, -0.2) is 0 Å². The molecule has 18 heavy (non-hydrogen) atoms. The summed E-state index contributed by atoms with van der Waals surface area (Å²) in [6, 6.07) is 2.50. The average molecular weight is 248 g/mol. The molecule has 1 aliphatic carbocycles. The molecule has 1 aliphatic rings. The molecule has 0 saturated heterocycles. The Balaban J connectivity index is 2.28. The zero-order valence-electron chi connectivity index (χ0n) is 11.7. The summed E-state index contributed by atoms with van der Waals surface area (Å²) < 4.78 is 5.29. The maximum atomic E-state index is 5.29. The van der Waals surface area contributed by atoms with Gasteiger partial charge in [-0.15, -0.1) is 0 Å². The molecule has 0 amide bonds. The standard InChI is InChI=1S/C15H24N2O/c1-4-17-14(15(2)7-5-6-8-15)12-9-13(18-3)11-16-10-12/h9-11,14,17H,4-8H2,1-3H3. The third kappa shape index (κ3) is 2.66. The van der Waals surface area contributed by atoms with Crippen LogP contribution in [0.1, 0.15) is 51.1 Å². The van der Waals surface area contributed by atoms with E-state index in [0.29, 0.717) is 11.5 Å². The van der Waals surface area contributed by atoms with Crippen LogP contribution in [0.25, 0.3) is 0 Å². The number of hydrogen-bond donors (Lipinski definition) is 1. The quantitative estimate of drug-likeness (QED) is 0.868. The van der Waals surface area contributed by atoms with E-state index < -0.39 is 0 Å². The zero-order chi connectivity index (χ0) is 13.0. The molecule has 1 saturated carbocycles. The summed E-state index contributed by atoms with van der Waals surface area (Å²) in [6.07, 6.45) is 9.01. The van der Waals surface area contributed by atoms with Crippen molar-refractivity contribution in [1.82, 2.24) is 10.3 Å². The topological polar surface area (TPSA) is 34.2 Å². The molecule has 0 bridgehead atoms. The van der Waals surface area contributed by atoms with E-state index in [0.717, 1.165) is 12.3 Å². The lowest BCUT2D eigenvalue weighted by atomic mass is 9.77. The highest BCUT2D eigenvalue weighted by Gasteiger charge is 2.37. The van der Waals surface area contributed by atoms with Crippen LogP contribution in [-0.4, -0.2) is 18.6 Å². The molecule has 2 rings (SSSR count). The van der Waals surface area contributed by atoms with Gasteiger partial charge in [0.1, 0.15) is 5.75 Å². The van der Waals surface area contributed by atoms with Crippen molar-refractivity contribution in [2.24, 2.45) is 5.41 Å². The molecular formula is C15H24N2O. The molecule has 0 spiro atoms. The second kappa shape index (κ2) is 5.70. The fourth-order valence-electron chi connectivity index (χ4n) is 3.15. The van der Waals surface area contributed by atoms with E-state index in [1.54, 1.807) is 13.3 Å². The number of nitrogens with zero attached hydrogens (tertiary/aromatic N) is 1. The molecule has 1 heterocycles. The van der Waals surface area contributed by atoms with Crippen LogP contribution < -0.4 is 10.1 Å². The molecule has 1 atom stereocenters. The van der Waals surface area contributed by atoms with E-state index in [-0.39, 0.29) is 0 Å². The SMILES string of the molecule is CCNC(c1cncc(OC)c1)C1(C)CCCC1. The summed E-state index contributed by atoms with van der Waals surface area (Å²) in [5.41, 5.74) is 1.60. The molecule has 1 aromatic heterocycles. The number of pyridine rings is 1. The van der Waals surface area contributed by atoms with Crippen molar-refractivity contribution in [3.05, 3.63) is 24.0 Å². The van der Waals surface area contributed by atoms with Crippen LogP contribution in [0, 0.1) is 5.41 Å². The lowest BCUT2D eigenvalue weighted by molar-refractivity contribution is 0.225. The average Bonchev–Trinajstić information content (AvgIpc) is 2.84. The lowest BCUT2D eigenvalue weighted by Gasteiger charge is -2.35. The fourth-order valence-corrected chi connectivity index (χ4v) is 3.15. The van der Waals surface area contributed by atoms with Crippen LogP contribution >= 0.6 is 0 Å². The Labute approximate surface area is 110 Å². The Morgan fingerprint density at radius 1 is 1.39 bits per heavy atom. The molecular weight excluding hydrogens is 224 g/mol. The van der Waals surface area contributed by atoms with Gasteiger partial charge in [-0.2, -0.15) is 0 Å². The molecule has 1 fully saturated rings. The second-order valence-corrected chi connectivity index (χ2v) is 5.51. The van der Waals surface area contributed by atoms with Gasteiger partial charge in [0.2, 0.25) is 0 Å². The van der Waals surface area contributed by atoms with Crippen LogP contribution in [0.3, 0.4) is 0 Å². The molecule has 0 aliphatic heterocycles. The van der Waals surface area contributed by atoms with E-state index >= 15 is 0 Å². The first-order valence-electron chi connectivity index (χ1n) is 6.92. The number of methoxy groups -OCH3 is 1. The molecule has 100 valence electrons. The maximum Gasteiger partial charge on any atom is 0.137 e. The third-order valence-electron chi connectivity index (χ3n) is 4.15. The van der Waals surface area contributed by atoms with Crippen molar-refractivity contribution >= 4 is 0 Å². The number of ether oxygens (including phenoxy) is 1. The Kier molecular flexibility index (Phi) is 4.23. The Morgan fingerprint density at radius 2 is 2.11 bits per heavy atom. The minimum atomic E-state index is 0.351. The summed E-state index contributed by atoms with van der Waals surface area (Å²) >= 11 is 0. The van der Waals surface area contributed by atoms with Crippen LogP contribution in [0.2, 0.25) is 0 Å². The van der Waals surface area contributed by atoms with E-state index in [9.17, 15) is 0 Å². The van der Waals surface area contributed by atoms with Crippen molar-refractivity contribution in [3.8, 4) is 5.75 Å². The molecule has 0 aromatic carbocycles. The minimum Gasteiger partial charge on any atom is -0.495 e.